The van der Waals surface area contributed by atoms with Gasteiger partial charge >= 0.3 is 12.2 Å². The lowest BCUT2D eigenvalue weighted by Gasteiger charge is -2.31. The van der Waals surface area contributed by atoms with Crippen LogP contribution in [0.25, 0.3) is 11.0 Å². The largest absolute Gasteiger partial charge is 0.507 e. The van der Waals surface area contributed by atoms with Gasteiger partial charge in [-0.3, -0.25) is 4.18 Å². The lowest BCUT2D eigenvalue weighted by molar-refractivity contribution is -0.391. The van der Waals surface area contributed by atoms with Crippen molar-refractivity contribution in [2.75, 3.05) is 7.11 Å². The summed E-state index contributed by atoms with van der Waals surface area (Å²) in [6, 6.07) is 1.83. The number of imidazole rings is 1. The standard InChI is InChI=1S/C10H5ClF4N2O4S/c1-19-22(18)17-5-3-7-6(2-4(5)16-8(17)11)20-9(12,13)10(14,15)21-7/h2-3H,1H3. The van der Waals surface area contributed by atoms with Gasteiger partial charge in [0.15, 0.2) is 11.5 Å². The topological polar surface area (TPSA) is 62.6 Å². The normalized spacial score (nSPS) is 20.1. The van der Waals surface area contributed by atoms with Crippen molar-refractivity contribution >= 4 is 33.9 Å². The van der Waals surface area contributed by atoms with Crippen LogP contribution in [0.1, 0.15) is 0 Å². The van der Waals surface area contributed by atoms with Crippen LogP contribution in [-0.4, -0.2) is 32.5 Å². The summed E-state index contributed by atoms with van der Waals surface area (Å²) in [4.78, 5) is 3.76. The zero-order valence-corrected chi connectivity index (χ0v) is 12.1. The van der Waals surface area contributed by atoms with Crippen LogP contribution in [0.2, 0.25) is 5.28 Å². The molecule has 2 heterocycles. The first-order valence-corrected chi connectivity index (χ1v) is 6.89. The molecule has 1 atom stereocenters. The summed E-state index contributed by atoms with van der Waals surface area (Å²) in [7, 11) is 1.12. The zero-order chi connectivity index (χ0) is 16.3. The molecule has 0 saturated carbocycles. The Labute approximate surface area is 127 Å². The maximum Gasteiger partial charge on any atom is 0.507 e. The molecule has 0 amide bonds. The summed E-state index contributed by atoms with van der Waals surface area (Å²) in [6.45, 7) is 0. The minimum absolute atomic E-state index is 0.0150. The molecule has 6 nitrogen and oxygen atoms in total. The fourth-order valence-electron chi connectivity index (χ4n) is 1.81. The van der Waals surface area contributed by atoms with Gasteiger partial charge in [-0.25, -0.2) is 13.2 Å². The van der Waals surface area contributed by atoms with Crippen LogP contribution in [0.3, 0.4) is 0 Å². The minimum Gasteiger partial charge on any atom is -0.421 e. The SMILES string of the molecule is COS(=O)n1c(Cl)nc2cc3c(cc21)OC(F)(F)C(F)(F)O3. The van der Waals surface area contributed by atoms with Crippen molar-refractivity contribution in [3.8, 4) is 11.5 Å². The van der Waals surface area contributed by atoms with E-state index in [9.17, 15) is 21.8 Å². The van der Waals surface area contributed by atoms with E-state index in [2.05, 4.69) is 18.6 Å². The third-order valence-corrected chi connectivity index (χ3v) is 4.05. The molecule has 0 bridgehead atoms. The highest BCUT2D eigenvalue weighted by Gasteiger charge is 2.66. The Kier molecular flexibility index (Phi) is 3.27. The highest BCUT2D eigenvalue weighted by Crippen LogP contribution is 2.48. The highest BCUT2D eigenvalue weighted by molar-refractivity contribution is 7.78. The molecule has 0 saturated heterocycles. The summed E-state index contributed by atoms with van der Waals surface area (Å²) < 4.78 is 77.6. The Morgan fingerprint density at radius 3 is 2.32 bits per heavy atom. The van der Waals surface area contributed by atoms with Gasteiger partial charge in [-0.15, -0.1) is 0 Å². The Bertz CT molecular complexity index is 797. The number of halogens is 5. The number of nitrogens with zero attached hydrogens (tertiary/aromatic N) is 2. The third kappa shape index (κ3) is 2.11. The predicted molar refractivity (Wildman–Crippen MR) is 66.4 cm³/mol. The molecule has 12 heteroatoms. The molecule has 1 aromatic heterocycles. The molecule has 1 unspecified atom stereocenters. The Hall–Kier alpha value is -1.59. The van der Waals surface area contributed by atoms with E-state index in [1.807, 2.05) is 0 Å². The van der Waals surface area contributed by atoms with Crippen LogP contribution in [0.4, 0.5) is 17.6 Å². The molecule has 0 fully saturated rings. The average molecular weight is 361 g/mol. The zero-order valence-electron chi connectivity index (χ0n) is 10.5. The maximum absolute atomic E-state index is 13.2. The van der Waals surface area contributed by atoms with Crippen molar-refractivity contribution in [1.29, 1.82) is 0 Å². The third-order valence-electron chi connectivity index (χ3n) is 2.75. The summed E-state index contributed by atoms with van der Waals surface area (Å²) >= 11 is 3.67. The van der Waals surface area contributed by atoms with E-state index in [0.717, 1.165) is 23.2 Å². The second kappa shape index (κ2) is 4.70. The molecule has 0 spiro atoms. The predicted octanol–water partition coefficient (Wildman–Crippen LogP) is 2.72. The minimum atomic E-state index is -4.86. The summed E-state index contributed by atoms with van der Waals surface area (Å²) in [5, 5.41) is -0.295. The van der Waals surface area contributed by atoms with Crippen molar-refractivity contribution < 1.29 is 35.4 Å². The first-order valence-electron chi connectivity index (χ1n) is 5.48. The number of rotatable bonds is 2. The molecule has 0 radical (unpaired) electrons. The van der Waals surface area contributed by atoms with Gasteiger partial charge in [0, 0.05) is 12.1 Å². The van der Waals surface area contributed by atoms with Gasteiger partial charge < -0.3 is 9.47 Å². The van der Waals surface area contributed by atoms with Crippen molar-refractivity contribution in [3.63, 3.8) is 0 Å². The van der Waals surface area contributed by atoms with Crippen LogP contribution in [0.5, 0.6) is 11.5 Å². The molecule has 120 valence electrons. The number of hydrogen-bond donors (Lipinski definition) is 0. The fraction of sp³-hybridized carbons (Fsp3) is 0.300. The molecular formula is C10H5ClF4N2O4S. The second-order valence-electron chi connectivity index (χ2n) is 4.08. The monoisotopic (exact) mass is 360 g/mol. The van der Waals surface area contributed by atoms with E-state index < -0.39 is 35.0 Å². The molecule has 22 heavy (non-hydrogen) atoms. The van der Waals surface area contributed by atoms with Gasteiger partial charge in [-0.2, -0.15) is 17.6 Å². The van der Waals surface area contributed by atoms with E-state index in [1.54, 1.807) is 0 Å². The molecule has 0 N–H and O–H groups in total. The van der Waals surface area contributed by atoms with Crippen molar-refractivity contribution in [1.82, 2.24) is 8.96 Å². The Morgan fingerprint density at radius 2 is 1.77 bits per heavy atom. The van der Waals surface area contributed by atoms with Gasteiger partial charge in [0.2, 0.25) is 5.28 Å². The number of fused-ring (bicyclic) bond motifs is 2. The smallest absolute Gasteiger partial charge is 0.421 e. The van der Waals surface area contributed by atoms with E-state index in [4.69, 9.17) is 11.6 Å². The summed E-state index contributed by atoms with van der Waals surface area (Å²) in [6.07, 6.45) is -9.70. The van der Waals surface area contributed by atoms with Gasteiger partial charge in [-0.05, 0) is 11.6 Å². The lowest BCUT2D eigenvalue weighted by Crippen LogP contribution is -2.52. The first kappa shape index (κ1) is 15.3. The van der Waals surface area contributed by atoms with Crippen molar-refractivity contribution in [2.45, 2.75) is 12.2 Å². The van der Waals surface area contributed by atoms with E-state index in [0.29, 0.717) is 0 Å². The number of hydrogen-bond acceptors (Lipinski definition) is 5. The highest BCUT2D eigenvalue weighted by atomic mass is 35.5. The number of benzene rings is 1. The molecule has 1 aromatic carbocycles. The summed E-state index contributed by atoms with van der Waals surface area (Å²) in [5.41, 5.74) is -0.0349. The van der Waals surface area contributed by atoms with E-state index >= 15 is 0 Å². The Morgan fingerprint density at radius 1 is 1.23 bits per heavy atom. The first-order chi connectivity index (χ1) is 10.2. The van der Waals surface area contributed by atoms with Gasteiger partial charge in [-0.1, -0.05) is 0 Å². The number of aromatic nitrogens is 2. The van der Waals surface area contributed by atoms with Crippen LogP contribution in [0, 0.1) is 0 Å². The quantitative estimate of drug-likeness (QED) is 0.771. The molecule has 2 aromatic rings. The summed E-state index contributed by atoms with van der Waals surface area (Å²) in [5.74, 6) is -1.32. The molecule has 3 rings (SSSR count). The number of alkyl halides is 4. The van der Waals surface area contributed by atoms with Gasteiger partial charge in [0.25, 0.3) is 11.3 Å². The maximum atomic E-state index is 13.2. The van der Waals surface area contributed by atoms with E-state index in [-0.39, 0.29) is 16.3 Å². The Balaban J connectivity index is 2.21. The molecule has 1 aliphatic heterocycles. The van der Waals surface area contributed by atoms with Crippen LogP contribution < -0.4 is 9.47 Å². The van der Waals surface area contributed by atoms with Gasteiger partial charge in [0.05, 0.1) is 18.1 Å². The van der Waals surface area contributed by atoms with E-state index in [1.165, 1.54) is 0 Å². The fourth-order valence-corrected chi connectivity index (χ4v) is 2.78. The van der Waals surface area contributed by atoms with Crippen LogP contribution in [-0.2, 0) is 15.4 Å². The van der Waals surface area contributed by atoms with Crippen molar-refractivity contribution in [2.24, 2.45) is 0 Å². The lowest BCUT2D eigenvalue weighted by atomic mass is 10.2. The van der Waals surface area contributed by atoms with Crippen LogP contribution in [0.15, 0.2) is 12.1 Å². The molecular weight excluding hydrogens is 356 g/mol. The van der Waals surface area contributed by atoms with Crippen molar-refractivity contribution in [3.05, 3.63) is 17.4 Å². The second-order valence-corrected chi connectivity index (χ2v) is 5.56. The molecule has 0 aliphatic carbocycles. The average Bonchev–Trinajstić information content (AvgIpc) is 2.71. The van der Waals surface area contributed by atoms with Gasteiger partial charge in [0.1, 0.15) is 0 Å². The molecule has 1 aliphatic rings. The van der Waals surface area contributed by atoms with Crippen LogP contribution >= 0.6 is 11.6 Å². The number of ether oxygens (including phenoxy) is 2.